The summed E-state index contributed by atoms with van der Waals surface area (Å²) < 4.78 is 0. The fourth-order valence-corrected chi connectivity index (χ4v) is 2.75. The molecule has 0 radical (unpaired) electrons. The van der Waals surface area contributed by atoms with Crippen LogP contribution in [0.2, 0.25) is 0 Å². The highest BCUT2D eigenvalue weighted by Gasteiger charge is 2.19. The molecular formula is C15H23N3. The van der Waals surface area contributed by atoms with Gasteiger partial charge in [0.1, 0.15) is 0 Å². The number of anilines is 1. The van der Waals surface area contributed by atoms with Crippen molar-refractivity contribution >= 4 is 11.4 Å². The minimum atomic E-state index is 0.538. The molecule has 1 fully saturated rings. The Kier molecular flexibility index (Phi) is 4.73. The van der Waals surface area contributed by atoms with Crippen molar-refractivity contribution in [1.82, 2.24) is 4.98 Å². The summed E-state index contributed by atoms with van der Waals surface area (Å²) >= 11 is 0. The van der Waals surface area contributed by atoms with Crippen LogP contribution in [-0.4, -0.2) is 17.2 Å². The van der Waals surface area contributed by atoms with E-state index in [2.05, 4.69) is 10.3 Å². The Morgan fingerprint density at radius 3 is 2.78 bits per heavy atom. The number of pyridine rings is 1. The lowest BCUT2D eigenvalue weighted by Gasteiger charge is -2.16. The summed E-state index contributed by atoms with van der Waals surface area (Å²) in [5.41, 5.74) is 2.03. The van der Waals surface area contributed by atoms with Gasteiger partial charge in [-0.15, -0.1) is 0 Å². The first kappa shape index (κ1) is 13.1. The number of rotatable bonds is 4. The maximum atomic E-state index is 7.77. The Bertz CT molecular complexity index is 375. The van der Waals surface area contributed by atoms with Crippen LogP contribution in [0.4, 0.5) is 5.69 Å². The predicted molar refractivity (Wildman–Crippen MR) is 76.2 cm³/mol. The zero-order valence-electron chi connectivity index (χ0n) is 11.2. The van der Waals surface area contributed by atoms with E-state index in [4.69, 9.17) is 5.41 Å². The van der Waals surface area contributed by atoms with E-state index in [1.165, 1.54) is 32.1 Å². The van der Waals surface area contributed by atoms with Crippen LogP contribution in [-0.2, 0) is 0 Å². The third kappa shape index (κ3) is 3.83. The average molecular weight is 245 g/mol. The highest BCUT2D eigenvalue weighted by molar-refractivity contribution is 5.81. The van der Waals surface area contributed by atoms with Crippen molar-refractivity contribution in [1.29, 1.82) is 5.41 Å². The third-order valence-corrected chi connectivity index (χ3v) is 3.98. The Morgan fingerprint density at radius 2 is 2.06 bits per heavy atom. The van der Waals surface area contributed by atoms with Gasteiger partial charge in [-0.1, -0.05) is 6.42 Å². The summed E-state index contributed by atoms with van der Waals surface area (Å²) in [5, 5.41) is 11.3. The zero-order chi connectivity index (χ0) is 12.8. The number of hydrogen-bond donors (Lipinski definition) is 2. The van der Waals surface area contributed by atoms with E-state index in [0.717, 1.165) is 23.9 Å². The van der Waals surface area contributed by atoms with Crippen LogP contribution in [0, 0.1) is 17.2 Å². The minimum Gasteiger partial charge on any atom is -0.385 e. The Labute approximate surface area is 110 Å². The molecule has 1 aromatic rings. The van der Waals surface area contributed by atoms with Crippen molar-refractivity contribution in [2.24, 2.45) is 11.8 Å². The van der Waals surface area contributed by atoms with Crippen LogP contribution in [0.1, 0.15) is 39.0 Å². The van der Waals surface area contributed by atoms with E-state index in [9.17, 15) is 0 Å². The summed E-state index contributed by atoms with van der Waals surface area (Å²) in [7, 11) is 0. The molecule has 1 heterocycles. The van der Waals surface area contributed by atoms with Crippen LogP contribution < -0.4 is 5.32 Å². The first-order valence-electron chi connectivity index (χ1n) is 6.94. The molecule has 0 aliphatic heterocycles. The molecule has 1 saturated carbocycles. The molecule has 3 heteroatoms. The smallest absolute Gasteiger partial charge is 0.0371 e. The van der Waals surface area contributed by atoms with Crippen molar-refractivity contribution in [3.63, 3.8) is 0 Å². The van der Waals surface area contributed by atoms with Gasteiger partial charge in [-0.3, -0.25) is 4.98 Å². The molecule has 1 aliphatic carbocycles. The van der Waals surface area contributed by atoms with Gasteiger partial charge in [-0.05, 0) is 56.6 Å². The van der Waals surface area contributed by atoms with E-state index in [-0.39, 0.29) is 0 Å². The number of nitrogens with zero attached hydrogens (tertiary/aromatic N) is 1. The molecule has 0 amide bonds. The van der Waals surface area contributed by atoms with Crippen LogP contribution in [0.15, 0.2) is 24.5 Å². The van der Waals surface area contributed by atoms with Gasteiger partial charge >= 0.3 is 0 Å². The first-order valence-corrected chi connectivity index (χ1v) is 6.94. The van der Waals surface area contributed by atoms with Crippen molar-refractivity contribution in [3.05, 3.63) is 24.5 Å². The summed E-state index contributed by atoms with van der Waals surface area (Å²) in [4.78, 5) is 4.02. The first-order chi connectivity index (χ1) is 8.75. The molecule has 0 bridgehead atoms. The van der Waals surface area contributed by atoms with Gasteiger partial charge in [0.25, 0.3) is 0 Å². The molecular weight excluding hydrogens is 222 g/mol. The van der Waals surface area contributed by atoms with E-state index in [1.54, 1.807) is 0 Å². The van der Waals surface area contributed by atoms with Crippen LogP contribution >= 0.6 is 0 Å². The predicted octanol–water partition coefficient (Wildman–Crippen LogP) is 3.73. The van der Waals surface area contributed by atoms with Gasteiger partial charge in [0.2, 0.25) is 0 Å². The van der Waals surface area contributed by atoms with E-state index in [1.807, 2.05) is 31.5 Å². The molecule has 2 N–H and O–H groups in total. The maximum absolute atomic E-state index is 7.77. The van der Waals surface area contributed by atoms with Gasteiger partial charge in [0.15, 0.2) is 0 Å². The fraction of sp³-hybridized carbons (Fsp3) is 0.600. The van der Waals surface area contributed by atoms with Crippen LogP contribution in [0.5, 0.6) is 0 Å². The van der Waals surface area contributed by atoms with Crippen molar-refractivity contribution in [2.75, 3.05) is 11.9 Å². The van der Waals surface area contributed by atoms with Gasteiger partial charge in [0.05, 0.1) is 0 Å². The molecule has 0 aromatic carbocycles. The molecule has 98 valence electrons. The molecule has 0 spiro atoms. The van der Waals surface area contributed by atoms with Crippen molar-refractivity contribution in [3.8, 4) is 0 Å². The van der Waals surface area contributed by atoms with E-state index < -0.39 is 0 Å². The minimum absolute atomic E-state index is 0.538. The molecule has 2 atom stereocenters. The molecule has 1 aliphatic rings. The monoisotopic (exact) mass is 245 g/mol. The second kappa shape index (κ2) is 6.53. The summed E-state index contributed by atoms with van der Waals surface area (Å²) in [6, 6.07) is 4.03. The molecule has 2 rings (SSSR count). The van der Waals surface area contributed by atoms with Gasteiger partial charge in [0, 0.05) is 30.3 Å². The second-order valence-corrected chi connectivity index (χ2v) is 5.37. The average Bonchev–Trinajstić information content (AvgIpc) is 2.63. The quantitative estimate of drug-likeness (QED) is 0.627. The van der Waals surface area contributed by atoms with Gasteiger partial charge in [-0.2, -0.15) is 0 Å². The Morgan fingerprint density at radius 1 is 1.28 bits per heavy atom. The second-order valence-electron chi connectivity index (χ2n) is 5.37. The fourth-order valence-electron chi connectivity index (χ4n) is 2.75. The number of aromatic nitrogens is 1. The summed E-state index contributed by atoms with van der Waals surface area (Å²) in [6.45, 7) is 3.01. The van der Waals surface area contributed by atoms with Gasteiger partial charge < -0.3 is 10.7 Å². The lowest BCUT2D eigenvalue weighted by molar-refractivity contribution is 0.478. The lowest BCUT2D eigenvalue weighted by atomic mass is 9.95. The largest absolute Gasteiger partial charge is 0.385 e. The van der Waals surface area contributed by atoms with E-state index >= 15 is 0 Å². The van der Waals surface area contributed by atoms with Crippen molar-refractivity contribution in [2.45, 2.75) is 39.0 Å². The third-order valence-electron chi connectivity index (χ3n) is 3.98. The van der Waals surface area contributed by atoms with Gasteiger partial charge in [-0.25, -0.2) is 0 Å². The standard InChI is InChI=1S/C15H23N3/c1-12(16)14-4-2-3-13(5-6-14)11-18-15-7-9-17-10-8-15/h7-10,13-14,16H,2-6,11H2,1H3,(H,17,18). The van der Waals surface area contributed by atoms with E-state index in [0.29, 0.717) is 5.92 Å². The SMILES string of the molecule is CC(=N)C1CCCC(CNc2ccncc2)CC1. The highest BCUT2D eigenvalue weighted by Crippen LogP contribution is 2.28. The maximum Gasteiger partial charge on any atom is 0.0371 e. The Balaban J connectivity index is 1.79. The van der Waals surface area contributed by atoms with Crippen molar-refractivity contribution < 1.29 is 0 Å². The topological polar surface area (TPSA) is 48.8 Å². The molecule has 3 nitrogen and oxygen atoms in total. The molecule has 2 unspecified atom stereocenters. The Hall–Kier alpha value is -1.38. The number of nitrogens with one attached hydrogen (secondary N) is 2. The summed E-state index contributed by atoms with van der Waals surface area (Å²) in [5.74, 6) is 1.29. The highest BCUT2D eigenvalue weighted by atomic mass is 14.9. The normalized spacial score (nSPS) is 24.3. The molecule has 18 heavy (non-hydrogen) atoms. The van der Waals surface area contributed by atoms with Crippen LogP contribution in [0.25, 0.3) is 0 Å². The molecule has 1 aromatic heterocycles. The molecule has 0 saturated heterocycles. The zero-order valence-corrected chi connectivity index (χ0v) is 11.2. The number of hydrogen-bond acceptors (Lipinski definition) is 3. The summed E-state index contributed by atoms with van der Waals surface area (Å²) in [6.07, 6.45) is 9.86. The van der Waals surface area contributed by atoms with Crippen LogP contribution in [0.3, 0.4) is 0 Å². The lowest BCUT2D eigenvalue weighted by Crippen LogP contribution is -2.14.